The van der Waals surface area contributed by atoms with Crippen LogP contribution in [-0.2, 0) is 4.79 Å². The van der Waals surface area contributed by atoms with Gasteiger partial charge in [-0.1, -0.05) is 53.5 Å². The van der Waals surface area contributed by atoms with Gasteiger partial charge in [0.1, 0.15) is 17.1 Å². The van der Waals surface area contributed by atoms with Gasteiger partial charge >= 0.3 is 0 Å². The quantitative estimate of drug-likeness (QED) is 0.468. The van der Waals surface area contributed by atoms with Crippen LogP contribution in [0.4, 0.5) is 5.82 Å². The van der Waals surface area contributed by atoms with Crippen molar-refractivity contribution in [3.63, 3.8) is 0 Å². The minimum Gasteiger partial charge on any atom is -0.368 e. The molecule has 0 spiro atoms. The molecule has 1 saturated heterocycles. The third-order valence-corrected chi connectivity index (χ3v) is 6.54. The first-order valence-electron chi connectivity index (χ1n) is 10.1. The number of benzene rings is 2. The minimum absolute atomic E-state index is 0.374. The summed E-state index contributed by atoms with van der Waals surface area (Å²) in [6.45, 7) is 0.880. The fourth-order valence-electron chi connectivity index (χ4n) is 4.10. The lowest BCUT2D eigenvalue weighted by molar-refractivity contribution is -0.125. The Morgan fingerprint density at radius 1 is 1.09 bits per heavy atom. The van der Waals surface area contributed by atoms with Crippen LogP contribution in [0.1, 0.15) is 0 Å². The van der Waals surface area contributed by atoms with E-state index >= 15 is 0 Å². The van der Waals surface area contributed by atoms with E-state index < -0.39 is 5.54 Å². The standard InChI is InChI=1S/C23H20Cl2N6O/c1-27-23(22(26)32)12-30(13-23)18-10-11-28-21-19(14-6-8-15(24)9-7-14)20(29-31(18)21)16-4-2-3-5-17(16)25/h2-11,27H,12-13H2,1H3,(H2,26,32). The van der Waals surface area contributed by atoms with E-state index in [9.17, 15) is 4.79 Å². The number of likely N-dealkylation sites (N-methyl/N-ethyl adjacent to an activating group) is 1. The molecule has 4 aromatic rings. The number of rotatable bonds is 5. The molecule has 32 heavy (non-hydrogen) atoms. The van der Waals surface area contributed by atoms with E-state index in [0.717, 1.165) is 22.5 Å². The predicted molar refractivity (Wildman–Crippen MR) is 127 cm³/mol. The Kier molecular flexibility index (Phi) is 5.04. The Bertz CT molecular complexity index is 1330. The number of aromatic nitrogens is 3. The first-order chi connectivity index (χ1) is 15.4. The highest BCUT2D eigenvalue weighted by atomic mass is 35.5. The molecular weight excluding hydrogens is 447 g/mol. The van der Waals surface area contributed by atoms with Gasteiger partial charge in [0.05, 0.1) is 10.6 Å². The molecule has 3 N–H and O–H groups in total. The Hall–Kier alpha value is -3.13. The van der Waals surface area contributed by atoms with Crippen LogP contribution in [0.2, 0.25) is 10.0 Å². The van der Waals surface area contributed by atoms with Gasteiger partial charge < -0.3 is 16.0 Å². The third-order valence-electron chi connectivity index (χ3n) is 5.96. The fraction of sp³-hybridized carbons (Fsp3) is 0.174. The molecular formula is C23H20Cl2N6O. The zero-order chi connectivity index (χ0) is 22.5. The van der Waals surface area contributed by atoms with E-state index in [-0.39, 0.29) is 5.91 Å². The van der Waals surface area contributed by atoms with Crippen molar-refractivity contribution in [2.24, 2.45) is 5.73 Å². The van der Waals surface area contributed by atoms with Crippen molar-refractivity contribution >= 4 is 40.6 Å². The van der Waals surface area contributed by atoms with Gasteiger partial charge in [-0.15, -0.1) is 0 Å². The molecule has 0 radical (unpaired) electrons. The van der Waals surface area contributed by atoms with E-state index in [0.29, 0.717) is 34.5 Å². The van der Waals surface area contributed by atoms with Gasteiger partial charge in [-0.25, -0.2) is 4.98 Å². The number of nitrogens with two attached hydrogens (primary N) is 1. The molecule has 2 aromatic carbocycles. The molecule has 0 unspecified atom stereocenters. The van der Waals surface area contributed by atoms with E-state index in [1.165, 1.54) is 0 Å². The number of carbonyl (C=O) groups is 1. The zero-order valence-corrected chi connectivity index (χ0v) is 18.7. The van der Waals surface area contributed by atoms with E-state index in [4.69, 9.17) is 34.0 Å². The molecule has 9 heteroatoms. The molecule has 3 heterocycles. The van der Waals surface area contributed by atoms with Crippen LogP contribution in [0.3, 0.4) is 0 Å². The largest absolute Gasteiger partial charge is 0.368 e. The molecule has 1 fully saturated rings. The molecule has 1 aliphatic rings. The van der Waals surface area contributed by atoms with Crippen molar-refractivity contribution in [2.45, 2.75) is 5.54 Å². The summed E-state index contributed by atoms with van der Waals surface area (Å²) in [6.07, 6.45) is 1.74. The van der Waals surface area contributed by atoms with Gasteiger partial charge in [-0.05, 0) is 36.9 Å². The number of primary amides is 1. The summed E-state index contributed by atoms with van der Waals surface area (Å²) in [5, 5.41) is 9.22. The zero-order valence-electron chi connectivity index (χ0n) is 17.2. The smallest absolute Gasteiger partial charge is 0.241 e. The SMILES string of the molecule is CNC1(C(N)=O)CN(c2ccnc3c(-c4ccc(Cl)cc4)c(-c4ccccc4Cl)nn23)C1. The van der Waals surface area contributed by atoms with Crippen LogP contribution < -0.4 is 16.0 Å². The topological polar surface area (TPSA) is 88.5 Å². The molecule has 5 rings (SSSR count). The molecule has 0 aliphatic carbocycles. The second-order valence-corrected chi connectivity index (χ2v) is 8.64. The maximum atomic E-state index is 11.9. The number of carbonyl (C=O) groups excluding carboxylic acids is 1. The van der Waals surface area contributed by atoms with Crippen molar-refractivity contribution in [3.8, 4) is 22.4 Å². The van der Waals surface area contributed by atoms with E-state index in [1.807, 2.05) is 59.5 Å². The summed E-state index contributed by atoms with van der Waals surface area (Å²) in [7, 11) is 1.74. The van der Waals surface area contributed by atoms with Crippen LogP contribution in [0, 0.1) is 0 Å². The maximum Gasteiger partial charge on any atom is 0.241 e. The lowest BCUT2D eigenvalue weighted by Gasteiger charge is -2.48. The van der Waals surface area contributed by atoms with E-state index in [1.54, 1.807) is 17.8 Å². The molecule has 162 valence electrons. The van der Waals surface area contributed by atoms with Gasteiger partial charge in [-0.3, -0.25) is 4.79 Å². The summed E-state index contributed by atoms with van der Waals surface area (Å²) in [6, 6.07) is 17.0. The van der Waals surface area contributed by atoms with Crippen LogP contribution >= 0.6 is 23.2 Å². The van der Waals surface area contributed by atoms with Crippen LogP contribution in [0.5, 0.6) is 0 Å². The van der Waals surface area contributed by atoms with Crippen molar-refractivity contribution in [3.05, 3.63) is 70.8 Å². The van der Waals surface area contributed by atoms with Gasteiger partial charge in [0.2, 0.25) is 5.91 Å². The summed E-state index contributed by atoms with van der Waals surface area (Å²) >= 11 is 12.7. The summed E-state index contributed by atoms with van der Waals surface area (Å²) in [4.78, 5) is 18.6. The second-order valence-electron chi connectivity index (χ2n) is 7.80. The monoisotopic (exact) mass is 466 g/mol. The first kappa shape index (κ1) is 20.8. The Morgan fingerprint density at radius 2 is 1.81 bits per heavy atom. The number of hydrogen-bond acceptors (Lipinski definition) is 5. The fourth-order valence-corrected chi connectivity index (χ4v) is 4.45. The summed E-state index contributed by atoms with van der Waals surface area (Å²) in [5.41, 5.74) is 8.84. The van der Waals surface area contributed by atoms with Gasteiger partial charge in [0.25, 0.3) is 0 Å². The highest BCUT2D eigenvalue weighted by molar-refractivity contribution is 6.33. The molecule has 1 amide bonds. The maximum absolute atomic E-state index is 11.9. The average Bonchev–Trinajstić information content (AvgIpc) is 3.14. The van der Waals surface area contributed by atoms with Crippen molar-refractivity contribution < 1.29 is 4.79 Å². The number of nitrogens with zero attached hydrogens (tertiary/aromatic N) is 4. The predicted octanol–water partition coefficient (Wildman–Crippen LogP) is 3.63. The number of nitrogens with one attached hydrogen (secondary N) is 1. The normalized spacial score (nSPS) is 15.0. The molecule has 1 aliphatic heterocycles. The van der Waals surface area contributed by atoms with Crippen molar-refractivity contribution in [2.75, 3.05) is 25.0 Å². The molecule has 7 nitrogen and oxygen atoms in total. The van der Waals surface area contributed by atoms with Crippen LogP contribution in [0.25, 0.3) is 28.0 Å². The highest BCUT2D eigenvalue weighted by Gasteiger charge is 2.47. The van der Waals surface area contributed by atoms with Gasteiger partial charge in [-0.2, -0.15) is 9.61 Å². The van der Waals surface area contributed by atoms with E-state index in [2.05, 4.69) is 10.3 Å². The first-order valence-corrected chi connectivity index (χ1v) is 10.8. The molecule has 0 atom stereocenters. The lowest BCUT2D eigenvalue weighted by atomic mass is 9.89. The average molecular weight is 467 g/mol. The van der Waals surface area contributed by atoms with Crippen molar-refractivity contribution in [1.82, 2.24) is 19.9 Å². The Balaban J connectivity index is 1.71. The Morgan fingerprint density at radius 3 is 2.47 bits per heavy atom. The van der Waals surface area contributed by atoms with Gasteiger partial charge in [0.15, 0.2) is 5.65 Å². The number of hydrogen-bond donors (Lipinski definition) is 2. The van der Waals surface area contributed by atoms with Crippen molar-refractivity contribution in [1.29, 1.82) is 0 Å². The summed E-state index contributed by atoms with van der Waals surface area (Å²) < 4.78 is 1.79. The second kappa shape index (κ2) is 7.78. The number of fused-ring (bicyclic) bond motifs is 1. The molecule has 0 saturated carbocycles. The lowest BCUT2D eigenvalue weighted by Crippen LogP contribution is -2.74. The van der Waals surface area contributed by atoms with Crippen LogP contribution in [-0.4, -0.2) is 46.2 Å². The number of anilines is 1. The number of amides is 1. The highest BCUT2D eigenvalue weighted by Crippen LogP contribution is 2.39. The van der Waals surface area contributed by atoms with Crippen LogP contribution in [0.15, 0.2) is 60.8 Å². The Labute approximate surface area is 194 Å². The molecule has 2 aromatic heterocycles. The summed E-state index contributed by atoms with van der Waals surface area (Å²) in [5.74, 6) is 0.441. The third kappa shape index (κ3) is 3.21. The molecule has 0 bridgehead atoms. The van der Waals surface area contributed by atoms with Gasteiger partial charge in [0, 0.05) is 29.9 Å². The minimum atomic E-state index is -0.757. The number of halogens is 2.